The third-order valence-corrected chi connectivity index (χ3v) is 7.97. The molecule has 0 radical (unpaired) electrons. The number of piperidine rings is 1. The normalized spacial score (nSPS) is 18.0. The summed E-state index contributed by atoms with van der Waals surface area (Å²) in [6.07, 6.45) is 5.89. The molecule has 0 aliphatic carbocycles. The van der Waals surface area contributed by atoms with Crippen LogP contribution in [-0.4, -0.2) is 52.6 Å². The minimum absolute atomic E-state index is 0.298. The molecule has 6 rings (SSSR count). The standard InChI is InChI=1S/C26H25FN4O2S/c27-8-11-30-9-5-16(6-10-30)14-31-15-20(17-3-1-2-4-21(17)31)23-22(24(32)29-25(23)33)19-13-28-26-18(19)7-12-34-26/h1-4,7,12-13,15-16,28H,5-6,8-11,14H2,(H,29,32,33). The molecule has 0 bridgehead atoms. The van der Waals surface area contributed by atoms with E-state index in [2.05, 4.69) is 25.8 Å². The summed E-state index contributed by atoms with van der Waals surface area (Å²) in [5.74, 6) is -0.224. The Kier molecular flexibility index (Phi) is 5.34. The van der Waals surface area contributed by atoms with Crippen molar-refractivity contribution in [3.05, 3.63) is 59.2 Å². The summed E-state index contributed by atoms with van der Waals surface area (Å²) >= 11 is 1.57. The van der Waals surface area contributed by atoms with Gasteiger partial charge in [-0.05, 0) is 49.4 Å². The van der Waals surface area contributed by atoms with E-state index in [9.17, 15) is 14.0 Å². The number of rotatable bonds is 6. The Hall–Kier alpha value is -3.23. The lowest BCUT2D eigenvalue weighted by molar-refractivity contribution is -0.122. The number of nitrogens with one attached hydrogen (secondary N) is 2. The Balaban J connectivity index is 1.42. The van der Waals surface area contributed by atoms with Crippen LogP contribution in [0.5, 0.6) is 0 Å². The SMILES string of the molecule is O=C1NC(=O)C(c2cn(CC3CCN(CCF)CC3)c3ccccc23)=C1c1c[nH]c2sccc12. The fourth-order valence-corrected chi connectivity index (χ4v) is 6.18. The van der Waals surface area contributed by atoms with E-state index in [-0.39, 0.29) is 18.5 Å². The number of hydrogen-bond donors (Lipinski definition) is 2. The first-order valence-electron chi connectivity index (χ1n) is 11.7. The molecule has 1 aromatic carbocycles. The van der Waals surface area contributed by atoms with Gasteiger partial charge in [0.15, 0.2) is 0 Å². The third kappa shape index (κ3) is 3.49. The van der Waals surface area contributed by atoms with Crippen molar-refractivity contribution in [2.24, 2.45) is 5.92 Å². The first kappa shape index (κ1) is 21.3. The van der Waals surface area contributed by atoms with Gasteiger partial charge in [-0.1, -0.05) is 18.2 Å². The van der Waals surface area contributed by atoms with Crippen LogP contribution >= 0.6 is 11.3 Å². The molecular weight excluding hydrogens is 451 g/mol. The number of thiophene rings is 1. The number of alkyl halides is 1. The average molecular weight is 477 g/mol. The molecule has 174 valence electrons. The summed E-state index contributed by atoms with van der Waals surface area (Å²) in [7, 11) is 0. The van der Waals surface area contributed by atoms with Crippen molar-refractivity contribution in [1.82, 2.24) is 19.8 Å². The number of hydrogen-bond acceptors (Lipinski definition) is 4. The van der Waals surface area contributed by atoms with E-state index in [0.717, 1.165) is 64.7 Å². The minimum atomic E-state index is -0.357. The van der Waals surface area contributed by atoms with Crippen molar-refractivity contribution in [2.75, 3.05) is 26.3 Å². The lowest BCUT2D eigenvalue weighted by Crippen LogP contribution is -2.36. The highest BCUT2D eigenvalue weighted by Gasteiger charge is 2.35. The predicted molar refractivity (Wildman–Crippen MR) is 133 cm³/mol. The van der Waals surface area contributed by atoms with E-state index in [0.29, 0.717) is 23.6 Å². The number of carbonyl (C=O) groups is 2. The van der Waals surface area contributed by atoms with Gasteiger partial charge in [-0.15, -0.1) is 11.3 Å². The fraction of sp³-hybridized carbons (Fsp3) is 0.308. The second kappa shape index (κ2) is 8.52. The summed E-state index contributed by atoms with van der Waals surface area (Å²) in [4.78, 5) is 32.4. The number of carbonyl (C=O) groups excluding carboxylic acids is 2. The smallest absolute Gasteiger partial charge is 0.259 e. The van der Waals surface area contributed by atoms with Crippen LogP contribution in [0, 0.1) is 5.92 Å². The molecular formula is C26H25FN4O2S. The lowest BCUT2D eigenvalue weighted by atomic mass is 9.96. The minimum Gasteiger partial charge on any atom is -0.352 e. The van der Waals surface area contributed by atoms with Gasteiger partial charge in [0.2, 0.25) is 0 Å². The summed E-state index contributed by atoms with van der Waals surface area (Å²) in [5, 5.41) is 6.42. The number of benzene rings is 1. The highest BCUT2D eigenvalue weighted by atomic mass is 32.1. The number of halogens is 1. The number of para-hydroxylation sites is 1. The molecule has 6 nitrogen and oxygen atoms in total. The zero-order valence-electron chi connectivity index (χ0n) is 18.6. The maximum absolute atomic E-state index is 13.1. The molecule has 8 heteroatoms. The third-order valence-electron chi connectivity index (χ3n) is 7.12. The van der Waals surface area contributed by atoms with E-state index >= 15 is 0 Å². The zero-order chi connectivity index (χ0) is 23.2. The number of nitrogens with zero attached hydrogens (tertiary/aromatic N) is 2. The summed E-state index contributed by atoms with van der Waals surface area (Å²) < 4.78 is 14.9. The second-order valence-corrected chi connectivity index (χ2v) is 10.0. The molecule has 5 heterocycles. The summed E-state index contributed by atoms with van der Waals surface area (Å²) in [5.41, 5.74) is 3.46. The molecule has 2 amide bonds. The Bertz CT molecular complexity index is 1440. The van der Waals surface area contributed by atoms with Crippen LogP contribution in [0.15, 0.2) is 48.1 Å². The molecule has 1 saturated heterocycles. The second-order valence-electron chi connectivity index (χ2n) is 9.09. The van der Waals surface area contributed by atoms with Crippen LogP contribution in [0.1, 0.15) is 24.0 Å². The van der Waals surface area contributed by atoms with Crippen molar-refractivity contribution in [3.8, 4) is 0 Å². The van der Waals surface area contributed by atoms with Gasteiger partial charge in [-0.3, -0.25) is 14.9 Å². The zero-order valence-corrected chi connectivity index (χ0v) is 19.5. The van der Waals surface area contributed by atoms with Crippen LogP contribution in [0.2, 0.25) is 0 Å². The molecule has 2 aliphatic rings. The fourth-order valence-electron chi connectivity index (χ4n) is 5.41. The maximum Gasteiger partial charge on any atom is 0.259 e. The quantitative estimate of drug-likeness (QED) is 0.405. The van der Waals surface area contributed by atoms with E-state index in [1.54, 1.807) is 11.3 Å². The Morgan fingerprint density at radius 3 is 2.56 bits per heavy atom. The number of H-pyrrole nitrogens is 1. The van der Waals surface area contributed by atoms with Gasteiger partial charge in [-0.2, -0.15) is 0 Å². The van der Waals surface area contributed by atoms with Crippen LogP contribution in [0.4, 0.5) is 4.39 Å². The Morgan fingerprint density at radius 1 is 1.00 bits per heavy atom. The van der Waals surface area contributed by atoms with E-state index in [4.69, 9.17) is 0 Å². The maximum atomic E-state index is 13.1. The molecule has 0 saturated carbocycles. The highest BCUT2D eigenvalue weighted by molar-refractivity contribution is 7.16. The predicted octanol–water partition coefficient (Wildman–Crippen LogP) is 4.43. The number of aromatic amines is 1. The van der Waals surface area contributed by atoms with E-state index in [1.807, 2.05) is 42.0 Å². The molecule has 0 spiro atoms. The van der Waals surface area contributed by atoms with Gasteiger partial charge < -0.3 is 14.5 Å². The van der Waals surface area contributed by atoms with E-state index in [1.165, 1.54) is 0 Å². The molecule has 0 unspecified atom stereocenters. The molecule has 34 heavy (non-hydrogen) atoms. The van der Waals surface area contributed by atoms with Gasteiger partial charge in [0.25, 0.3) is 11.8 Å². The number of aromatic nitrogens is 2. The Labute approximate surface area is 200 Å². The number of fused-ring (bicyclic) bond motifs is 2. The van der Waals surface area contributed by atoms with Crippen molar-refractivity contribution in [3.63, 3.8) is 0 Å². The van der Waals surface area contributed by atoms with Crippen molar-refractivity contribution < 1.29 is 14.0 Å². The van der Waals surface area contributed by atoms with Crippen molar-refractivity contribution in [1.29, 1.82) is 0 Å². The molecule has 3 aromatic heterocycles. The molecule has 0 atom stereocenters. The van der Waals surface area contributed by atoms with E-state index < -0.39 is 0 Å². The number of likely N-dealkylation sites (tertiary alicyclic amines) is 1. The largest absolute Gasteiger partial charge is 0.352 e. The lowest BCUT2D eigenvalue weighted by Gasteiger charge is -2.31. The molecule has 2 aliphatic heterocycles. The van der Waals surface area contributed by atoms with Crippen LogP contribution in [0.3, 0.4) is 0 Å². The molecule has 4 aromatic rings. The first-order chi connectivity index (χ1) is 16.6. The van der Waals surface area contributed by atoms with Gasteiger partial charge in [-0.25, -0.2) is 4.39 Å². The van der Waals surface area contributed by atoms with Gasteiger partial charge >= 0.3 is 0 Å². The summed E-state index contributed by atoms with van der Waals surface area (Å²) in [6.45, 7) is 2.88. The molecule has 1 fully saturated rings. The van der Waals surface area contributed by atoms with Crippen LogP contribution in [0.25, 0.3) is 32.3 Å². The van der Waals surface area contributed by atoms with Crippen molar-refractivity contribution >= 4 is 55.4 Å². The average Bonchev–Trinajstić information content (AvgIpc) is 3.59. The first-order valence-corrected chi connectivity index (χ1v) is 12.5. The van der Waals surface area contributed by atoms with Gasteiger partial charge in [0.05, 0.1) is 11.1 Å². The van der Waals surface area contributed by atoms with Gasteiger partial charge in [0, 0.05) is 52.9 Å². The van der Waals surface area contributed by atoms with Crippen LogP contribution in [-0.2, 0) is 16.1 Å². The number of imide groups is 1. The van der Waals surface area contributed by atoms with Gasteiger partial charge in [0.1, 0.15) is 11.5 Å². The topological polar surface area (TPSA) is 70.1 Å². The van der Waals surface area contributed by atoms with Crippen molar-refractivity contribution in [2.45, 2.75) is 19.4 Å². The summed E-state index contributed by atoms with van der Waals surface area (Å²) in [6, 6.07) is 10.0. The van der Waals surface area contributed by atoms with Crippen LogP contribution < -0.4 is 5.32 Å². The Morgan fingerprint density at radius 2 is 1.76 bits per heavy atom. The monoisotopic (exact) mass is 476 g/mol. The molecule has 2 N–H and O–H groups in total. The number of amides is 2. The highest BCUT2D eigenvalue weighted by Crippen LogP contribution is 2.39.